The average molecular weight is 234 g/mol. The van der Waals surface area contributed by atoms with Gasteiger partial charge in [0.15, 0.2) is 0 Å². The third kappa shape index (κ3) is 2.91. The first-order valence-corrected chi connectivity index (χ1v) is 6.30. The molecule has 1 aromatic carbocycles. The molecule has 2 rings (SSSR count). The molecule has 1 aliphatic rings. The van der Waals surface area contributed by atoms with Crippen LogP contribution in [0, 0.1) is 12.8 Å². The van der Waals surface area contributed by atoms with Gasteiger partial charge in [-0.05, 0) is 49.4 Å². The van der Waals surface area contributed by atoms with E-state index < -0.39 is 0 Å². The lowest BCUT2D eigenvalue weighted by Gasteiger charge is -2.33. The van der Waals surface area contributed by atoms with Crippen LogP contribution in [-0.4, -0.2) is 26.8 Å². The number of ether oxygens (including phenoxy) is 1. The van der Waals surface area contributed by atoms with Gasteiger partial charge in [-0.25, -0.2) is 0 Å². The van der Waals surface area contributed by atoms with Crippen LogP contribution in [0.4, 0.5) is 11.4 Å². The predicted molar refractivity (Wildman–Crippen MR) is 72.4 cm³/mol. The van der Waals surface area contributed by atoms with Crippen molar-refractivity contribution in [3.05, 3.63) is 23.8 Å². The van der Waals surface area contributed by atoms with Gasteiger partial charge in [-0.15, -0.1) is 0 Å². The van der Waals surface area contributed by atoms with Gasteiger partial charge in [-0.2, -0.15) is 0 Å². The van der Waals surface area contributed by atoms with Crippen molar-refractivity contribution in [2.24, 2.45) is 5.92 Å². The number of hydrogen-bond acceptors (Lipinski definition) is 3. The van der Waals surface area contributed by atoms with E-state index in [4.69, 9.17) is 10.5 Å². The smallest absolute Gasteiger partial charge is 0.0491 e. The molecule has 0 spiro atoms. The monoisotopic (exact) mass is 234 g/mol. The molecule has 17 heavy (non-hydrogen) atoms. The molecule has 1 aliphatic heterocycles. The van der Waals surface area contributed by atoms with Gasteiger partial charge in [-0.3, -0.25) is 0 Å². The first kappa shape index (κ1) is 12.2. The van der Waals surface area contributed by atoms with E-state index in [0.29, 0.717) is 0 Å². The van der Waals surface area contributed by atoms with Crippen LogP contribution < -0.4 is 10.6 Å². The van der Waals surface area contributed by atoms with Crippen LogP contribution in [0.5, 0.6) is 0 Å². The maximum atomic E-state index is 5.84. The highest BCUT2D eigenvalue weighted by atomic mass is 16.5. The summed E-state index contributed by atoms with van der Waals surface area (Å²) in [4.78, 5) is 2.44. The molecule has 0 aromatic heterocycles. The van der Waals surface area contributed by atoms with Gasteiger partial charge < -0.3 is 15.4 Å². The summed E-state index contributed by atoms with van der Waals surface area (Å²) in [6, 6.07) is 6.32. The summed E-state index contributed by atoms with van der Waals surface area (Å²) in [6.07, 6.45) is 2.44. The van der Waals surface area contributed by atoms with E-state index in [2.05, 4.69) is 24.0 Å². The number of anilines is 2. The molecule has 0 unspecified atom stereocenters. The Morgan fingerprint density at radius 3 is 2.65 bits per heavy atom. The van der Waals surface area contributed by atoms with Crippen LogP contribution in [0.2, 0.25) is 0 Å². The molecule has 0 atom stereocenters. The standard InChI is InChI=1S/C14H22N2O/c1-11-9-13(3-4-14(11)15)16-7-5-12(6-8-16)10-17-2/h3-4,9,12H,5-8,10,15H2,1-2H3. The Labute approximate surface area is 104 Å². The van der Waals surface area contributed by atoms with E-state index >= 15 is 0 Å². The van der Waals surface area contributed by atoms with E-state index in [1.165, 1.54) is 24.1 Å². The zero-order valence-corrected chi connectivity index (χ0v) is 10.8. The molecule has 94 valence electrons. The number of hydrogen-bond donors (Lipinski definition) is 1. The Morgan fingerprint density at radius 1 is 1.35 bits per heavy atom. The number of aryl methyl sites for hydroxylation is 1. The Bertz CT molecular complexity index is 370. The fourth-order valence-electron chi connectivity index (χ4n) is 2.45. The predicted octanol–water partition coefficient (Wildman–Crippen LogP) is 2.44. The topological polar surface area (TPSA) is 38.5 Å². The van der Waals surface area contributed by atoms with Gasteiger partial charge in [0, 0.05) is 38.2 Å². The van der Waals surface area contributed by atoms with E-state index in [0.717, 1.165) is 31.3 Å². The lowest BCUT2D eigenvalue weighted by atomic mass is 9.97. The van der Waals surface area contributed by atoms with Gasteiger partial charge in [-0.1, -0.05) is 0 Å². The maximum absolute atomic E-state index is 5.84. The highest BCUT2D eigenvalue weighted by Crippen LogP contribution is 2.25. The maximum Gasteiger partial charge on any atom is 0.0491 e. The molecule has 2 N–H and O–H groups in total. The van der Waals surface area contributed by atoms with Crippen molar-refractivity contribution in [1.82, 2.24) is 0 Å². The lowest BCUT2D eigenvalue weighted by molar-refractivity contribution is 0.139. The molecule has 1 heterocycles. The van der Waals surface area contributed by atoms with Gasteiger partial charge in [0.05, 0.1) is 0 Å². The van der Waals surface area contributed by atoms with E-state index in [-0.39, 0.29) is 0 Å². The number of piperidine rings is 1. The zero-order chi connectivity index (χ0) is 12.3. The van der Waals surface area contributed by atoms with Gasteiger partial charge >= 0.3 is 0 Å². The fraction of sp³-hybridized carbons (Fsp3) is 0.571. The molecule has 0 radical (unpaired) electrons. The molecule has 3 nitrogen and oxygen atoms in total. The fourth-order valence-corrected chi connectivity index (χ4v) is 2.45. The zero-order valence-electron chi connectivity index (χ0n) is 10.8. The molecule has 1 fully saturated rings. The van der Waals surface area contributed by atoms with Crippen molar-refractivity contribution in [1.29, 1.82) is 0 Å². The molecule has 1 aromatic rings. The summed E-state index contributed by atoms with van der Waals surface area (Å²) in [5.41, 5.74) is 9.19. The third-order valence-corrected chi connectivity index (χ3v) is 3.64. The summed E-state index contributed by atoms with van der Waals surface area (Å²) in [5.74, 6) is 0.728. The van der Waals surface area contributed by atoms with Crippen LogP contribution in [0.15, 0.2) is 18.2 Å². The average Bonchev–Trinajstić information content (AvgIpc) is 2.34. The normalized spacial score (nSPS) is 17.4. The number of nitrogens with two attached hydrogens (primary N) is 1. The SMILES string of the molecule is COCC1CCN(c2ccc(N)c(C)c2)CC1. The molecule has 0 amide bonds. The molecule has 3 heteroatoms. The molecule has 0 aliphatic carbocycles. The Balaban J connectivity index is 1.98. The van der Waals surface area contributed by atoms with Crippen molar-refractivity contribution >= 4 is 11.4 Å². The highest BCUT2D eigenvalue weighted by molar-refractivity contribution is 5.58. The van der Waals surface area contributed by atoms with Crippen molar-refractivity contribution in [3.8, 4) is 0 Å². The second kappa shape index (κ2) is 5.41. The number of nitrogen functional groups attached to an aromatic ring is 1. The molecule has 1 saturated heterocycles. The van der Waals surface area contributed by atoms with Crippen LogP contribution in [0.1, 0.15) is 18.4 Å². The lowest BCUT2D eigenvalue weighted by Crippen LogP contribution is -2.35. The van der Waals surface area contributed by atoms with E-state index in [9.17, 15) is 0 Å². The Kier molecular flexibility index (Phi) is 3.89. The minimum atomic E-state index is 0.728. The summed E-state index contributed by atoms with van der Waals surface area (Å²) in [7, 11) is 1.79. The highest BCUT2D eigenvalue weighted by Gasteiger charge is 2.19. The second-order valence-corrected chi connectivity index (χ2v) is 4.93. The number of methoxy groups -OCH3 is 1. The first-order chi connectivity index (χ1) is 8.20. The Morgan fingerprint density at radius 2 is 2.06 bits per heavy atom. The van der Waals surface area contributed by atoms with Crippen LogP contribution in [0.25, 0.3) is 0 Å². The van der Waals surface area contributed by atoms with Crippen LogP contribution in [-0.2, 0) is 4.74 Å². The largest absolute Gasteiger partial charge is 0.399 e. The minimum absolute atomic E-state index is 0.728. The second-order valence-electron chi connectivity index (χ2n) is 4.93. The van der Waals surface area contributed by atoms with Gasteiger partial charge in [0.2, 0.25) is 0 Å². The minimum Gasteiger partial charge on any atom is -0.399 e. The van der Waals surface area contributed by atoms with Crippen LogP contribution in [0.3, 0.4) is 0 Å². The summed E-state index contributed by atoms with van der Waals surface area (Å²) >= 11 is 0. The van der Waals surface area contributed by atoms with Crippen molar-refractivity contribution < 1.29 is 4.74 Å². The van der Waals surface area contributed by atoms with Gasteiger partial charge in [0.25, 0.3) is 0 Å². The molecular formula is C14H22N2O. The van der Waals surface area contributed by atoms with Crippen molar-refractivity contribution in [2.75, 3.05) is 37.4 Å². The van der Waals surface area contributed by atoms with Crippen molar-refractivity contribution in [2.45, 2.75) is 19.8 Å². The van der Waals surface area contributed by atoms with Crippen molar-refractivity contribution in [3.63, 3.8) is 0 Å². The summed E-state index contributed by atoms with van der Waals surface area (Å²) < 4.78 is 5.22. The quantitative estimate of drug-likeness (QED) is 0.816. The van der Waals surface area contributed by atoms with Crippen LogP contribution >= 0.6 is 0 Å². The number of rotatable bonds is 3. The summed E-state index contributed by atoms with van der Waals surface area (Å²) in [5, 5.41) is 0. The number of nitrogens with zero attached hydrogens (tertiary/aromatic N) is 1. The third-order valence-electron chi connectivity index (χ3n) is 3.64. The first-order valence-electron chi connectivity index (χ1n) is 6.30. The summed E-state index contributed by atoms with van der Waals surface area (Å²) in [6.45, 7) is 5.21. The van der Waals surface area contributed by atoms with E-state index in [1.807, 2.05) is 6.07 Å². The number of benzene rings is 1. The molecule has 0 bridgehead atoms. The van der Waals surface area contributed by atoms with E-state index in [1.54, 1.807) is 7.11 Å². The Hall–Kier alpha value is -1.22. The molecule has 0 saturated carbocycles. The van der Waals surface area contributed by atoms with Gasteiger partial charge in [0.1, 0.15) is 0 Å². The molecular weight excluding hydrogens is 212 g/mol.